The Labute approximate surface area is 168 Å². The van der Waals surface area contributed by atoms with Crippen LogP contribution in [0.5, 0.6) is 0 Å². The number of amides is 1. The van der Waals surface area contributed by atoms with Crippen molar-refractivity contribution in [1.29, 1.82) is 0 Å². The lowest BCUT2D eigenvalue weighted by Gasteiger charge is -2.36. The molecule has 1 aliphatic rings. The fourth-order valence-electron chi connectivity index (χ4n) is 3.19. The van der Waals surface area contributed by atoms with Crippen LogP contribution >= 0.6 is 23.2 Å². The molecule has 2 aromatic carbocycles. The molecule has 27 heavy (non-hydrogen) atoms. The molecule has 0 aromatic heterocycles. The predicted molar refractivity (Wildman–Crippen MR) is 108 cm³/mol. The third-order valence-electron chi connectivity index (χ3n) is 4.68. The first-order valence-corrected chi connectivity index (χ1v) is 9.75. The summed E-state index contributed by atoms with van der Waals surface area (Å²) >= 11 is 12.0. The molecule has 0 saturated carbocycles. The first-order valence-electron chi connectivity index (χ1n) is 8.99. The van der Waals surface area contributed by atoms with Crippen molar-refractivity contribution < 1.29 is 9.18 Å². The summed E-state index contributed by atoms with van der Waals surface area (Å²) in [6.07, 6.45) is 0.837. The summed E-state index contributed by atoms with van der Waals surface area (Å²) in [4.78, 5) is 16.6. The van der Waals surface area contributed by atoms with E-state index in [0.29, 0.717) is 27.8 Å². The third-order valence-corrected chi connectivity index (χ3v) is 5.24. The van der Waals surface area contributed by atoms with Crippen molar-refractivity contribution in [3.8, 4) is 0 Å². The molecule has 1 fully saturated rings. The lowest BCUT2D eigenvalue weighted by atomic mass is 10.2. The summed E-state index contributed by atoms with van der Waals surface area (Å²) in [5, 5.41) is 3.75. The van der Waals surface area contributed by atoms with Crippen LogP contribution < -0.4 is 10.2 Å². The quantitative estimate of drug-likeness (QED) is 0.730. The maximum absolute atomic E-state index is 13.9. The van der Waals surface area contributed by atoms with Crippen LogP contribution in [-0.2, 0) is 0 Å². The molecule has 0 unspecified atom stereocenters. The molecule has 1 amide bonds. The number of hydrogen-bond donors (Lipinski definition) is 1. The van der Waals surface area contributed by atoms with Crippen LogP contribution in [0.2, 0.25) is 10.0 Å². The van der Waals surface area contributed by atoms with Crippen molar-refractivity contribution in [2.75, 3.05) is 44.2 Å². The van der Waals surface area contributed by atoms with E-state index in [1.54, 1.807) is 24.3 Å². The van der Waals surface area contributed by atoms with Crippen molar-refractivity contribution >= 4 is 34.8 Å². The zero-order chi connectivity index (χ0) is 19.2. The van der Waals surface area contributed by atoms with Gasteiger partial charge in [0.25, 0.3) is 5.91 Å². The number of para-hydroxylation sites is 1. The van der Waals surface area contributed by atoms with Crippen molar-refractivity contribution in [2.45, 2.75) is 6.42 Å². The number of nitrogens with one attached hydrogen (secondary N) is 1. The van der Waals surface area contributed by atoms with Crippen molar-refractivity contribution in [2.24, 2.45) is 0 Å². The van der Waals surface area contributed by atoms with Gasteiger partial charge in [-0.3, -0.25) is 9.69 Å². The molecule has 0 spiro atoms. The van der Waals surface area contributed by atoms with Crippen LogP contribution in [0.15, 0.2) is 42.5 Å². The molecule has 7 heteroatoms. The van der Waals surface area contributed by atoms with E-state index in [1.807, 2.05) is 12.1 Å². The molecule has 0 radical (unpaired) electrons. The minimum absolute atomic E-state index is 0.173. The maximum atomic E-state index is 13.9. The lowest BCUT2D eigenvalue weighted by molar-refractivity contribution is 0.0951. The molecular weight excluding hydrogens is 388 g/mol. The first kappa shape index (κ1) is 19.9. The Balaban J connectivity index is 1.39. The minimum Gasteiger partial charge on any atom is -0.367 e. The predicted octanol–water partition coefficient (Wildman–Crippen LogP) is 4.07. The number of halogens is 3. The summed E-state index contributed by atoms with van der Waals surface area (Å²) in [7, 11) is 0. The van der Waals surface area contributed by atoms with E-state index in [-0.39, 0.29) is 11.7 Å². The van der Waals surface area contributed by atoms with Crippen LogP contribution in [0.25, 0.3) is 0 Å². The molecule has 1 heterocycles. The highest BCUT2D eigenvalue weighted by molar-refractivity contribution is 6.35. The average molecular weight is 410 g/mol. The summed E-state index contributed by atoms with van der Waals surface area (Å²) in [5.41, 5.74) is 1.06. The number of piperazine rings is 1. The number of carbonyl (C=O) groups excluding carboxylic acids is 1. The van der Waals surface area contributed by atoms with Gasteiger partial charge in [0.1, 0.15) is 5.82 Å². The summed E-state index contributed by atoms with van der Waals surface area (Å²) in [6.45, 7) is 4.80. The number of anilines is 1. The molecule has 2 aromatic rings. The fraction of sp³-hybridized carbons (Fsp3) is 0.350. The number of nitrogens with zero attached hydrogens (tertiary/aromatic N) is 2. The van der Waals surface area contributed by atoms with Gasteiger partial charge in [-0.2, -0.15) is 0 Å². The number of rotatable bonds is 6. The monoisotopic (exact) mass is 409 g/mol. The largest absolute Gasteiger partial charge is 0.367 e. The lowest BCUT2D eigenvalue weighted by Crippen LogP contribution is -2.47. The normalized spacial score (nSPS) is 15.0. The van der Waals surface area contributed by atoms with Gasteiger partial charge in [0.2, 0.25) is 0 Å². The molecule has 1 N–H and O–H groups in total. The van der Waals surface area contributed by atoms with E-state index >= 15 is 0 Å². The highest BCUT2D eigenvalue weighted by Gasteiger charge is 2.19. The molecular formula is C20H22Cl2FN3O. The zero-order valence-corrected chi connectivity index (χ0v) is 16.4. The van der Waals surface area contributed by atoms with Gasteiger partial charge in [0.15, 0.2) is 0 Å². The van der Waals surface area contributed by atoms with Gasteiger partial charge in [0, 0.05) is 37.7 Å². The fourth-order valence-corrected chi connectivity index (χ4v) is 3.57. The molecule has 1 aliphatic heterocycles. The third kappa shape index (κ3) is 5.34. The second-order valence-electron chi connectivity index (χ2n) is 6.51. The van der Waals surface area contributed by atoms with Crippen LogP contribution in [0.3, 0.4) is 0 Å². The average Bonchev–Trinajstić information content (AvgIpc) is 2.68. The van der Waals surface area contributed by atoms with Crippen molar-refractivity contribution in [3.05, 3.63) is 63.9 Å². The standard InChI is InChI=1S/C20H22Cl2FN3O/c21-15-6-7-17(22)16(14-15)20(27)24-8-3-9-25-10-12-26(13-11-25)19-5-2-1-4-18(19)23/h1-2,4-7,14H,3,8-13H2,(H,24,27). The van der Waals surface area contributed by atoms with Gasteiger partial charge in [0.05, 0.1) is 16.3 Å². The topological polar surface area (TPSA) is 35.6 Å². The Kier molecular flexibility index (Phi) is 6.94. The molecule has 0 atom stereocenters. The molecule has 4 nitrogen and oxygen atoms in total. The van der Waals surface area contributed by atoms with Gasteiger partial charge in [-0.05, 0) is 43.3 Å². The molecule has 144 valence electrons. The smallest absolute Gasteiger partial charge is 0.252 e. The second kappa shape index (κ2) is 9.40. The molecule has 0 bridgehead atoms. The van der Waals surface area contributed by atoms with Crippen molar-refractivity contribution in [3.63, 3.8) is 0 Å². The number of hydrogen-bond acceptors (Lipinski definition) is 3. The van der Waals surface area contributed by atoms with Gasteiger partial charge in [-0.1, -0.05) is 35.3 Å². The molecule has 0 aliphatic carbocycles. The second-order valence-corrected chi connectivity index (χ2v) is 7.36. The van der Waals surface area contributed by atoms with E-state index in [0.717, 1.165) is 39.1 Å². The van der Waals surface area contributed by atoms with Gasteiger partial charge in [-0.15, -0.1) is 0 Å². The van der Waals surface area contributed by atoms with Crippen LogP contribution in [0, 0.1) is 5.82 Å². The van der Waals surface area contributed by atoms with E-state index in [4.69, 9.17) is 23.2 Å². The maximum Gasteiger partial charge on any atom is 0.252 e. The van der Waals surface area contributed by atoms with E-state index in [9.17, 15) is 9.18 Å². The Morgan fingerprint density at radius 1 is 1.07 bits per heavy atom. The Hall–Kier alpha value is -1.82. The summed E-state index contributed by atoms with van der Waals surface area (Å²) in [5.74, 6) is -0.389. The summed E-state index contributed by atoms with van der Waals surface area (Å²) in [6, 6.07) is 11.7. The summed E-state index contributed by atoms with van der Waals surface area (Å²) < 4.78 is 13.9. The first-order chi connectivity index (χ1) is 13.0. The van der Waals surface area contributed by atoms with Gasteiger partial charge >= 0.3 is 0 Å². The Bertz CT molecular complexity index is 795. The Morgan fingerprint density at radius 3 is 2.56 bits per heavy atom. The van der Waals surface area contributed by atoms with E-state index < -0.39 is 0 Å². The molecule has 1 saturated heterocycles. The highest BCUT2D eigenvalue weighted by atomic mass is 35.5. The van der Waals surface area contributed by atoms with Gasteiger partial charge < -0.3 is 10.2 Å². The van der Waals surface area contributed by atoms with Crippen LogP contribution in [0.1, 0.15) is 16.8 Å². The SMILES string of the molecule is O=C(NCCCN1CCN(c2ccccc2F)CC1)c1cc(Cl)ccc1Cl. The number of carbonyl (C=O) groups is 1. The highest BCUT2D eigenvalue weighted by Crippen LogP contribution is 2.21. The van der Waals surface area contributed by atoms with Crippen LogP contribution in [0.4, 0.5) is 10.1 Å². The van der Waals surface area contributed by atoms with E-state index in [1.165, 1.54) is 6.07 Å². The molecule has 3 rings (SSSR count). The Morgan fingerprint density at radius 2 is 1.81 bits per heavy atom. The number of benzene rings is 2. The minimum atomic E-state index is -0.216. The zero-order valence-electron chi connectivity index (χ0n) is 14.9. The van der Waals surface area contributed by atoms with E-state index in [2.05, 4.69) is 15.1 Å². The van der Waals surface area contributed by atoms with Crippen LogP contribution in [-0.4, -0.2) is 50.1 Å². The van der Waals surface area contributed by atoms with Crippen molar-refractivity contribution in [1.82, 2.24) is 10.2 Å². The van der Waals surface area contributed by atoms with Gasteiger partial charge in [-0.25, -0.2) is 4.39 Å².